The Balaban J connectivity index is 1.89. The summed E-state index contributed by atoms with van der Waals surface area (Å²) < 4.78 is 30.6. The van der Waals surface area contributed by atoms with Crippen LogP contribution in [-0.2, 0) is 21.4 Å². The van der Waals surface area contributed by atoms with Crippen LogP contribution in [0.2, 0.25) is 0 Å². The van der Waals surface area contributed by atoms with E-state index < -0.39 is 10.0 Å². The Morgan fingerprint density at radius 1 is 1.36 bits per heavy atom. The number of amides is 1. The van der Waals surface area contributed by atoms with Gasteiger partial charge in [-0.15, -0.1) is 0 Å². The highest BCUT2D eigenvalue weighted by Gasteiger charge is 2.31. The first-order valence-electron chi connectivity index (χ1n) is 7.61. The van der Waals surface area contributed by atoms with Crippen molar-refractivity contribution in [3.05, 3.63) is 23.7 Å². The normalized spacial score (nSPS) is 17.6. The summed E-state index contributed by atoms with van der Waals surface area (Å²) in [4.78, 5) is 14.1. The highest BCUT2D eigenvalue weighted by atomic mass is 32.2. The van der Waals surface area contributed by atoms with Gasteiger partial charge >= 0.3 is 0 Å². The molecule has 2 rings (SSSR count). The predicted octanol–water partition coefficient (Wildman–Crippen LogP) is 1.61. The van der Waals surface area contributed by atoms with Gasteiger partial charge in [0.2, 0.25) is 15.9 Å². The van der Waals surface area contributed by atoms with Crippen LogP contribution in [0.5, 0.6) is 0 Å². The van der Waals surface area contributed by atoms with Gasteiger partial charge in [-0.1, -0.05) is 0 Å². The second-order valence-corrected chi connectivity index (χ2v) is 8.04. The first-order chi connectivity index (χ1) is 10.3. The lowest BCUT2D eigenvalue weighted by atomic mass is 9.96. The van der Waals surface area contributed by atoms with E-state index in [0.29, 0.717) is 32.5 Å². The van der Waals surface area contributed by atoms with Crippen molar-refractivity contribution < 1.29 is 17.6 Å². The molecule has 6 nitrogen and oxygen atoms in total. The fraction of sp³-hybridized carbons (Fsp3) is 0.667. The van der Waals surface area contributed by atoms with E-state index in [9.17, 15) is 13.2 Å². The Morgan fingerprint density at radius 2 is 2.00 bits per heavy atom. The molecule has 1 saturated heterocycles. The molecule has 1 fully saturated rings. The number of nitrogens with zero attached hydrogens (tertiary/aromatic N) is 2. The van der Waals surface area contributed by atoms with Crippen molar-refractivity contribution in [1.82, 2.24) is 9.21 Å². The van der Waals surface area contributed by atoms with Gasteiger partial charge in [0.15, 0.2) is 0 Å². The number of furan rings is 1. The zero-order chi connectivity index (χ0) is 16.3. The Labute approximate surface area is 132 Å². The predicted molar refractivity (Wildman–Crippen MR) is 83.7 cm³/mol. The van der Waals surface area contributed by atoms with E-state index in [2.05, 4.69) is 0 Å². The molecule has 124 valence electrons. The van der Waals surface area contributed by atoms with Crippen molar-refractivity contribution in [2.45, 2.75) is 33.2 Å². The Bertz CT molecular complexity index is 615. The molecule has 0 aromatic carbocycles. The molecule has 7 heteroatoms. The molecule has 0 bridgehead atoms. The summed E-state index contributed by atoms with van der Waals surface area (Å²) in [6.07, 6.45) is 1.17. The van der Waals surface area contributed by atoms with Crippen molar-refractivity contribution in [3.63, 3.8) is 0 Å². The van der Waals surface area contributed by atoms with E-state index in [4.69, 9.17) is 4.42 Å². The molecule has 0 aliphatic carbocycles. The monoisotopic (exact) mass is 328 g/mol. The maximum atomic E-state index is 12.5. The van der Waals surface area contributed by atoms with Gasteiger partial charge in [0.25, 0.3) is 0 Å². The number of carbonyl (C=O) groups is 1. The van der Waals surface area contributed by atoms with Gasteiger partial charge in [-0.05, 0) is 38.8 Å². The van der Waals surface area contributed by atoms with Crippen LogP contribution in [0.4, 0.5) is 0 Å². The van der Waals surface area contributed by atoms with Crippen molar-refractivity contribution in [2.75, 3.05) is 25.9 Å². The standard InChI is InChI=1S/C15H24N2O4S/c1-4-22(19,20)17-9-7-13(8-10-17)15(18)16(3)11-14-6-5-12(2)21-14/h5-6,13H,4,7-11H2,1-3H3. The number of hydrogen-bond acceptors (Lipinski definition) is 4. The van der Waals surface area contributed by atoms with Crippen LogP contribution in [-0.4, -0.2) is 49.4 Å². The summed E-state index contributed by atoms with van der Waals surface area (Å²) in [5.41, 5.74) is 0. The van der Waals surface area contributed by atoms with Crippen LogP contribution >= 0.6 is 0 Å². The number of hydrogen-bond donors (Lipinski definition) is 0. The number of aryl methyl sites for hydroxylation is 1. The molecule has 0 radical (unpaired) electrons. The van der Waals surface area contributed by atoms with Crippen molar-refractivity contribution >= 4 is 15.9 Å². The first-order valence-corrected chi connectivity index (χ1v) is 9.22. The topological polar surface area (TPSA) is 70.8 Å². The summed E-state index contributed by atoms with van der Waals surface area (Å²) in [5.74, 6) is 1.66. The van der Waals surface area contributed by atoms with E-state index in [1.165, 1.54) is 4.31 Å². The molecule has 0 N–H and O–H groups in total. The van der Waals surface area contributed by atoms with Crippen LogP contribution in [0, 0.1) is 12.8 Å². The molecule has 1 aliphatic heterocycles. The molecule has 0 spiro atoms. The van der Waals surface area contributed by atoms with Gasteiger partial charge in [0.05, 0.1) is 12.3 Å². The summed E-state index contributed by atoms with van der Waals surface area (Å²) in [6, 6.07) is 3.75. The fourth-order valence-corrected chi connectivity index (χ4v) is 3.89. The van der Waals surface area contributed by atoms with E-state index in [0.717, 1.165) is 11.5 Å². The molecule has 0 unspecified atom stereocenters. The molecule has 1 aliphatic rings. The van der Waals surface area contributed by atoms with Crippen molar-refractivity contribution in [3.8, 4) is 0 Å². The maximum Gasteiger partial charge on any atom is 0.225 e. The smallest absolute Gasteiger partial charge is 0.225 e. The maximum absolute atomic E-state index is 12.5. The van der Waals surface area contributed by atoms with E-state index >= 15 is 0 Å². The van der Waals surface area contributed by atoms with E-state index in [1.54, 1.807) is 18.9 Å². The molecule has 1 aromatic rings. The molecule has 0 saturated carbocycles. The largest absolute Gasteiger partial charge is 0.464 e. The lowest BCUT2D eigenvalue weighted by Gasteiger charge is -2.32. The minimum absolute atomic E-state index is 0.0580. The molecule has 0 atom stereocenters. The van der Waals surface area contributed by atoms with Crippen LogP contribution in [0.25, 0.3) is 0 Å². The Hall–Kier alpha value is -1.34. The molecular formula is C15H24N2O4S. The summed E-state index contributed by atoms with van der Waals surface area (Å²) in [5, 5.41) is 0. The van der Waals surface area contributed by atoms with Crippen LogP contribution in [0.15, 0.2) is 16.5 Å². The Kier molecular flexibility index (Phi) is 5.28. The number of carbonyl (C=O) groups excluding carboxylic acids is 1. The molecule has 1 amide bonds. The highest BCUT2D eigenvalue weighted by molar-refractivity contribution is 7.89. The minimum atomic E-state index is -3.14. The zero-order valence-electron chi connectivity index (χ0n) is 13.4. The quantitative estimate of drug-likeness (QED) is 0.823. The SMILES string of the molecule is CCS(=O)(=O)N1CCC(C(=O)N(C)Cc2ccc(C)o2)CC1. The van der Waals surface area contributed by atoms with Gasteiger partial charge in [-0.2, -0.15) is 0 Å². The third-order valence-electron chi connectivity index (χ3n) is 4.13. The Morgan fingerprint density at radius 3 is 2.50 bits per heavy atom. The van der Waals surface area contributed by atoms with Crippen LogP contribution in [0.3, 0.4) is 0 Å². The van der Waals surface area contributed by atoms with Crippen LogP contribution in [0.1, 0.15) is 31.3 Å². The fourth-order valence-electron chi connectivity index (χ4n) is 2.76. The molecule has 22 heavy (non-hydrogen) atoms. The van der Waals surface area contributed by atoms with Gasteiger partial charge < -0.3 is 9.32 Å². The lowest BCUT2D eigenvalue weighted by molar-refractivity contribution is -0.136. The average Bonchev–Trinajstić information content (AvgIpc) is 2.91. The molecular weight excluding hydrogens is 304 g/mol. The summed E-state index contributed by atoms with van der Waals surface area (Å²) >= 11 is 0. The van der Waals surface area contributed by atoms with Crippen LogP contribution < -0.4 is 0 Å². The second kappa shape index (κ2) is 6.83. The lowest BCUT2D eigenvalue weighted by Crippen LogP contribution is -2.43. The third kappa shape index (κ3) is 3.89. The van der Waals surface area contributed by atoms with E-state index in [1.807, 2.05) is 19.1 Å². The zero-order valence-corrected chi connectivity index (χ0v) is 14.2. The summed E-state index contributed by atoms with van der Waals surface area (Å²) in [6.45, 7) is 4.82. The molecule has 1 aromatic heterocycles. The van der Waals surface area contributed by atoms with Crippen molar-refractivity contribution in [2.24, 2.45) is 5.92 Å². The van der Waals surface area contributed by atoms with Gasteiger partial charge in [0.1, 0.15) is 11.5 Å². The first kappa shape index (κ1) is 17.0. The van der Waals surface area contributed by atoms with Crippen molar-refractivity contribution in [1.29, 1.82) is 0 Å². The second-order valence-electron chi connectivity index (χ2n) is 5.78. The number of sulfonamides is 1. The highest BCUT2D eigenvalue weighted by Crippen LogP contribution is 2.22. The average molecular weight is 328 g/mol. The third-order valence-corrected chi connectivity index (χ3v) is 6.01. The molecule has 2 heterocycles. The number of piperidine rings is 1. The van der Waals surface area contributed by atoms with Gasteiger partial charge in [-0.25, -0.2) is 12.7 Å². The summed E-state index contributed by atoms with van der Waals surface area (Å²) in [7, 11) is -1.38. The van der Waals surface area contributed by atoms with Gasteiger partial charge in [-0.3, -0.25) is 4.79 Å². The van der Waals surface area contributed by atoms with Gasteiger partial charge in [0, 0.05) is 26.1 Å². The minimum Gasteiger partial charge on any atom is -0.464 e. The number of rotatable bonds is 5. The van der Waals surface area contributed by atoms with E-state index in [-0.39, 0.29) is 17.6 Å².